The zero-order valence-electron chi connectivity index (χ0n) is 13.6. The van der Waals surface area contributed by atoms with Crippen LogP contribution in [0.1, 0.15) is 24.2 Å². The minimum atomic E-state index is -3.79. The number of rotatable bonds is 3. The van der Waals surface area contributed by atoms with Crippen molar-refractivity contribution in [2.75, 3.05) is 13.2 Å². The van der Waals surface area contributed by atoms with Crippen LogP contribution >= 0.6 is 0 Å². The molecule has 1 fully saturated rings. The highest BCUT2D eigenvalue weighted by atomic mass is 32.2. The number of halogens is 1. The molecule has 24 heavy (non-hydrogen) atoms. The predicted octanol–water partition coefficient (Wildman–Crippen LogP) is 3.28. The Balaban J connectivity index is 1.95. The van der Waals surface area contributed by atoms with Gasteiger partial charge in [-0.2, -0.15) is 4.31 Å². The maximum atomic E-state index is 13.6. The molecule has 2 aromatic carbocycles. The van der Waals surface area contributed by atoms with E-state index in [1.54, 1.807) is 13.8 Å². The maximum absolute atomic E-state index is 13.6. The Hall–Kier alpha value is -1.76. The number of hydrogen-bond donors (Lipinski definition) is 0. The van der Waals surface area contributed by atoms with Gasteiger partial charge >= 0.3 is 0 Å². The van der Waals surface area contributed by atoms with Crippen LogP contribution in [0.3, 0.4) is 0 Å². The Labute approximate surface area is 141 Å². The number of benzene rings is 2. The van der Waals surface area contributed by atoms with Crippen molar-refractivity contribution < 1.29 is 17.5 Å². The summed E-state index contributed by atoms with van der Waals surface area (Å²) in [5.41, 5.74) is 1.46. The predicted molar refractivity (Wildman–Crippen MR) is 89.6 cm³/mol. The van der Waals surface area contributed by atoms with Crippen LogP contribution in [0.5, 0.6) is 0 Å². The molecule has 0 aromatic heterocycles. The highest BCUT2D eigenvalue weighted by Gasteiger charge is 2.36. The minimum Gasteiger partial charge on any atom is -0.370 e. The third kappa shape index (κ3) is 3.22. The topological polar surface area (TPSA) is 46.6 Å². The molecule has 6 heteroatoms. The minimum absolute atomic E-state index is 0.0167. The monoisotopic (exact) mass is 349 g/mol. The fraction of sp³-hybridized carbons (Fsp3) is 0.333. The second kappa shape index (κ2) is 6.63. The molecule has 0 amide bonds. The van der Waals surface area contributed by atoms with Gasteiger partial charge in [-0.3, -0.25) is 0 Å². The summed E-state index contributed by atoms with van der Waals surface area (Å²) < 4.78 is 46.9. The first-order valence-electron chi connectivity index (χ1n) is 7.84. The van der Waals surface area contributed by atoms with E-state index < -0.39 is 15.8 Å². The van der Waals surface area contributed by atoms with E-state index in [9.17, 15) is 12.8 Å². The maximum Gasteiger partial charge on any atom is 0.243 e. The fourth-order valence-electron chi connectivity index (χ4n) is 2.92. The standard InChI is InChI=1S/C18H20FNO3S/c1-13-8-9-16(19)10-18(13)24(21,22)20-11-17(23-12-14(20)2)15-6-4-3-5-7-15/h3-10,14,17H,11-12H2,1-2H3/t14-,17-/m1/s1. The van der Waals surface area contributed by atoms with Gasteiger partial charge in [-0.15, -0.1) is 0 Å². The van der Waals surface area contributed by atoms with Gasteiger partial charge in [0.15, 0.2) is 0 Å². The number of hydrogen-bond acceptors (Lipinski definition) is 3. The van der Waals surface area contributed by atoms with Crippen molar-refractivity contribution in [2.45, 2.75) is 30.9 Å². The number of sulfonamides is 1. The van der Waals surface area contributed by atoms with Crippen molar-refractivity contribution in [3.63, 3.8) is 0 Å². The first-order chi connectivity index (χ1) is 11.4. The number of aryl methyl sites for hydroxylation is 1. The molecule has 128 valence electrons. The van der Waals surface area contributed by atoms with Crippen molar-refractivity contribution in [2.24, 2.45) is 0 Å². The molecular weight excluding hydrogens is 329 g/mol. The van der Waals surface area contributed by atoms with Gasteiger partial charge in [0.1, 0.15) is 5.82 Å². The van der Waals surface area contributed by atoms with E-state index in [0.717, 1.165) is 11.6 Å². The van der Waals surface area contributed by atoms with E-state index in [4.69, 9.17) is 4.74 Å². The van der Waals surface area contributed by atoms with E-state index >= 15 is 0 Å². The normalized spacial score (nSPS) is 22.5. The Morgan fingerprint density at radius 3 is 2.58 bits per heavy atom. The van der Waals surface area contributed by atoms with Crippen LogP contribution < -0.4 is 0 Å². The molecule has 1 heterocycles. The number of morpholine rings is 1. The first-order valence-corrected chi connectivity index (χ1v) is 9.28. The van der Waals surface area contributed by atoms with Gasteiger partial charge in [-0.25, -0.2) is 12.8 Å². The third-order valence-corrected chi connectivity index (χ3v) is 6.41. The van der Waals surface area contributed by atoms with Gasteiger partial charge in [0.25, 0.3) is 0 Å². The smallest absolute Gasteiger partial charge is 0.243 e. The van der Waals surface area contributed by atoms with Gasteiger partial charge < -0.3 is 4.74 Å². The lowest BCUT2D eigenvalue weighted by molar-refractivity contribution is -0.0288. The van der Waals surface area contributed by atoms with Crippen LogP contribution in [0.15, 0.2) is 53.4 Å². The van der Waals surface area contributed by atoms with Crippen molar-refractivity contribution in [3.05, 3.63) is 65.5 Å². The summed E-state index contributed by atoms with van der Waals surface area (Å²) in [7, 11) is -3.79. The van der Waals surface area contributed by atoms with Gasteiger partial charge in [0.2, 0.25) is 10.0 Å². The largest absolute Gasteiger partial charge is 0.370 e. The van der Waals surface area contributed by atoms with E-state index in [1.165, 1.54) is 16.4 Å². The molecule has 0 N–H and O–H groups in total. The van der Waals surface area contributed by atoms with Crippen LogP contribution in [0, 0.1) is 12.7 Å². The summed E-state index contributed by atoms with van der Waals surface area (Å²) in [5.74, 6) is -0.556. The average molecular weight is 349 g/mol. The summed E-state index contributed by atoms with van der Waals surface area (Å²) in [6.45, 7) is 3.98. The van der Waals surface area contributed by atoms with E-state index in [0.29, 0.717) is 12.2 Å². The molecule has 3 rings (SSSR count). The molecular formula is C18H20FNO3S. The Morgan fingerprint density at radius 1 is 1.17 bits per heavy atom. The summed E-state index contributed by atoms with van der Waals surface area (Å²) in [5, 5.41) is 0. The number of nitrogens with zero attached hydrogens (tertiary/aromatic N) is 1. The molecule has 4 nitrogen and oxygen atoms in total. The van der Waals surface area contributed by atoms with E-state index in [-0.39, 0.29) is 23.6 Å². The van der Waals surface area contributed by atoms with Gasteiger partial charge in [0.05, 0.1) is 17.6 Å². The molecule has 1 aliphatic rings. The lowest BCUT2D eigenvalue weighted by atomic mass is 10.1. The van der Waals surface area contributed by atoms with Crippen LogP contribution in [-0.4, -0.2) is 31.9 Å². The summed E-state index contributed by atoms with van der Waals surface area (Å²) >= 11 is 0. The molecule has 0 aliphatic carbocycles. The molecule has 1 saturated heterocycles. The molecule has 1 aliphatic heterocycles. The lowest BCUT2D eigenvalue weighted by Gasteiger charge is -2.37. The Morgan fingerprint density at radius 2 is 1.88 bits per heavy atom. The van der Waals surface area contributed by atoms with Gasteiger partial charge in [0, 0.05) is 12.6 Å². The van der Waals surface area contributed by atoms with Crippen molar-refractivity contribution in [1.29, 1.82) is 0 Å². The third-order valence-electron chi connectivity index (χ3n) is 4.28. The quantitative estimate of drug-likeness (QED) is 0.854. The molecule has 0 unspecified atom stereocenters. The molecule has 0 bridgehead atoms. The summed E-state index contributed by atoms with van der Waals surface area (Å²) in [6.07, 6.45) is -0.328. The molecule has 0 radical (unpaired) electrons. The average Bonchev–Trinajstić information content (AvgIpc) is 2.58. The van der Waals surface area contributed by atoms with Gasteiger partial charge in [-0.05, 0) is 37.1 Å². The molecule has 0 spiro atoms. The van der Waals surface area contributed by atoms with Crippen LogP contribution in [0.4, 0.5) is 4.39 Å². The summed E-state index contributed by atoms with van der Waals surface area (Å²) in [4.78, 5) is 0.0167. The highest BCUT2D eigenvalue weighted by Crippen LogP contribution is 2.30. The van der Waals surface area contributed by atoms with Crippen LogP contribution in [0.25, 0.3) is 0 Å². The number of ether oxygens (including phenoxy) is 1. The molecule has 2 atom stereocenters. The first kappa shape index (κ1) is 17.1. The van der Waals surface area contributed by atoms with E-state index in [2.05, 4.69) is 0 Å². The van der Waals surface area contributed by atoms with Crippen LogP contribution in [0.2, 0.25) is 0 Å². The van der Waals surface area contributed by atoms with E-state index in [1.807, 2.05) is 30.3 Å². The summed E-state index contributed by atoms with van der Waals surface area (Å²) in [6, 6.07) is 13.1. The fourth-order valence-corrected chi connectivity index (χ4v) is 4.77. The Kier molecular flexibility index (Phi) is 4.71. The second-order valence-electron chi connectivity index (χ2n) is 6.07. The van der Waals surface area contributed by atoms with Crippen LogP contribution in [-0.2, 0) is 14.8 Å². The molecule has 2 aromatic rings. The highest BCUT2D eigenvalue weighted by molar-refractivity contribution is 7.89. The van der Waals surface area contributed by atoms with Crippen molar-refractivity contribution in [3.8, 4) is 0 Å². The Bertz CT molecular complexity index is 823. The van der Waals surface area contributed by atoms with Gasteiger partial charge in [-0.1, -0.05) is 36.4 Å². The zero-order chi connectivity index (χ0) is 17.3. The second-order valence-corrected chi connectivity index (χ2v) is 7.93. The van der Waals surface area contributed by atoms with Crippen molar-refractivity contribution >= 4 is 10.0 Å². The zero-order valence-corrected chi connectivity index (χ0v) is 14.5. The molecule has 0 saturated carbocycles. The van der Waals surface area contributed by atoms with Crippen molar-refractivity contribution in [1.82, 2.24) is 4.31 Å². The lowest BCUT2D eigenvalue weighted by Crippen LogP contribution is -2.48. The SMILES string of the molecule is Cc1ccc(F)cc1S(=O)(=O)N1C[C@H](c2ccccc2)OC[C@H]1C.